The minimum Gasteiger partial charge on any atom is -0.379 e. The summed E-state index contributed by atoms with van der Waals surface area (Å²) in [4.78, 5) is 19.1. The minimum atomic E-state index is -0.102. The molecule has 0 atom stereocenters. The molecule has 0 aliphatic carbocycles. The lowest BCUT2D eigenvalue weighted by atomic mass is 9.96. The highest BCUT2D eigenvalue weighted by molar-refractivity contribution is 5.76. The summed E-state index contributed by atoms with van der Waals surface area (Å²) in [5, 5.41) is 0. The second-order valence-corrected chi connectivity index (χ2v) is 8.10. The van der Waals surface area contributed by atoms with Crippen LogP contribution >= 0.6 is 0 Å². The summed E-state index contributed by atoms with van der Waals surface area (Å²) in [7, 11) is 1.94. The van der Waals surface area contributed by atoms with Gasteiger partial charge in [-0.3, -0.25) is 9.69 Å². The van der Waals surface area contributed by atoms with Crippen LogP contribution < -0.4 is 0 Å². The maximum atomic E-state index is 13.7. The third-order valence-electron chi connectivity index (χ3n) is 6.07. The molecule has 1 amide bonds. The van der Waals surface area contributed by atoms with E-state index in [9.17, 15) is 9.18 Å². The Kier molecular flexibility index (Phi) is 8.25. The van der Waals surface area contributed by atoms with Gasteiger partial charge in [0.05, 0.1) is 13.2 Å². The summed E-state index contributed by atoms with van der Waals surface area (Å²) >= 11 is 0. The van der Waals surface area contributed by atoms with Gasteiger partial charge in [-0.25, -0.2) is 4.39 Å². The lowest BCUT2D eigenvalue weighted by Crippen LogP contribution is -2.42. The Balaban J connectivity index is 1.32. The summed E-state index contributed by atoms with van der Waals surface area (Å²) in [6.45, 7) is 8.08. The molecule has 0 saturated carbocycles. The first kappa shape index (κ1) is 21.2. The molecule has 1 aromatic rings. The molecule has 5 nitrogen and oxygen atoms in total. The Morgan fingerprint density at radius 2 is 1.79 bits per heavy atom. The highest BCUT2D eigenvalue weighted by atomic mass is 19.1. The average Bonchev–Trinajstić information content (AvgIpc) is 2.73. The Morgan fingerprint density at radius 3 is 2.50 bits per heavy atom. The Hall–Kier alpha value is -1.50. The van der Waals surface area contributed by atoms with E-state index in [1.165, 1.54) is 6.07 Å². The topological polar surface area (TPSA) is 36.0 Å². The number of halogens is 1. The van der Waals surface area contributed by atoms with Crippen molar-refractivity contribution >= 4 is 5.91 Å². The fourth-order valence-corrected chi connectivity index (χ4v) is 4.13. The van der Waals surface area contributed by atoms with E-state index in [4.69, 9.17) is 4.74 Å². The van der Waals surface area contributed by atoms with Gasteiger partial charge in [0.2, 0.25) is 5.91 Å². The third kappa shape index (κ3) is 6.54. The van der Waals surface area contributed by atoms with Crippen molar-refractivity contribution in [2.75, 3.05) is 66.1 Å². The molecule has 2 saturated heterocycles. The van der Waals surface area contributed by atoms with E-state index >= 15 is 0 Å². The van der Waals surface area contributed by atoms with Gasteiger partial charge in [0.15, 0.2) is 0 Å². The monoisotopic (exact) mass is 391 g/mol. The number of carbonyl (C=O) groups is 1. The van der Waals surface area contributed by atoms with Gasteiger partial charge in [-0.1, -0.05) is 18.2 Å². The maximum absolute atomic E-state index is 13.7. The van der Waals surface area contributed by atoms with Crippen molar-refractivity contribution in [3.8, 4) is 0 Å². The Bertz CT molecular complexity index is 614. The van der Waals surface area contributed by atoms with Gasteiger partial charge in [-0.2, -0.15) is 0 Å². The summed E-state index contributed by atoms with van der Waals surface area (Å²) in [6, 6.07) is 7.05. The number of morpholine rings is 1. The van der Waals surface area contributed by atoms with Crippen molar-refractivity contribution in [3.05, 3.63) is 35.6 Å². The molecule has 3 rings (SSSR count). The molecule has 2 heterocycles. The first-order valence-corrected chi connectivity index (χ1v) is 10.6. The number of likely N-dealkylation sites (tertiary alicyclic amines) is 1. The van der Waals surface area contributed by atoms with Crippen LogP contribution in [0.4, 0.5) is 4.39 Å². The Morgan fingerprint density at radius 1 is 1.11 bits per heavy atom. The molecule has 0 bridgehead atoms. The molecule has 0 aromatic heterocycles. The van der Waals surface area contributed by atoms with Crippen LogP contribution in [-0.2, 0) is 16.0 Å². The van der Waals surface area contributed by atoms with Crippen LogP contribution in [0, 0.1) is 11.7 Å². The van der Waals surface area contributed by atoms with Gasteiger partial charge < -0.3 is 14.5 Å². The molecule has 28 heavy (non-hydrogen) atoms. The minimum absolute atomic E-state index is 0.102. The Labute approximate surface area is 168 Å². The number of nitrogens with zero attached hydrogens (tertiary/aromatic N) is 3. The molecule has 1 aromatic carbocycles. The van der Waals surface area contributed by atoms with E-state index in [0.717, 1.165) is 83.9 Å². The molecule has 0 N–H and O–H groups in total. The lowest BCUT2D eigenvalue weighted by Gasteiger charge is -2.34. The zero-order valence-corrected chi connectivity index (χ0v) is 17.1. The summed E-state index contributed by atoms with van der Waals surface area (Å²) in [5.41, 5.74) is 0.801. The molecule has 0 unspecified atom stereocenters. The van der Waals surface area contributed by atoms with Crippen molar-refractivity contribution in [1.29, 1.82) is 0 Å². The summed E-state index contributed by atoms with van der Waals surface area (Å²) in [5.74, 6) is 0.713. The second-order valence-electron chi connectivity index (χ2n) is 8.10. The second kappa shape index (κ2) is 10.9. The van der Waals surface area contributed by atoms with Gasteiger partial charge in [0.25, 0.3) is 0 Å². The van der Waals surface area contributed by atoms with Crippen molar-refractivity contribution < 1.29 is 13.9 Å². The van der Waals surface area contributed by atoms with Gasteiger partial charge in [-0.05, 0) is 49.9 Å². The van der Waals surface area contributed by atoms with E-state index in [1.807, 2.05) is 24.1 Å². The summed E-state index contributed by atoms with van der Waals surface area (Å²) < 4.78 is 19.1. The third-order valence-corrected chi connectivity index (χ3v) is 6.07. The van der Waals surface area contributed by atoms with Crippen LogP contribution in [0.1, 0.15) is 24.8 Å². The van der Waals surface area contributed by atoms with E-state index in [0.29, 0.717) is 12.3 Å². The molecule has 156 valence electrons. The lowest BCUT2D eigenvalue weighted by molar-refractivity contribution is -0.131. The van der Waals surface area contributed by atoms with Gasteiger partial charge in [-0.15, -0.1) is 0 Å². The number of hydrogen-bond donors (Lipinski definition) is 0. The van der Waals surface area contributed by atoms with Crippen LogP contribution in [-0.4, -0.2) is 86.7 Å². The molecule has 0 spiro atoms. The number of rotatable bonds is 8. The predicted molar refractivity (Wildman–Crippen MR) is 109 cm³/mol. The SMILES string of the molecule is CN(CC1CCN(CCc2ccccc2F)CC1)C(=O)CCN1CCOCC1. The molecule has 0 radical (unpaired) electrons. The quantitative estimate of drug-likeness (QED) is 0.681. The highest BCUT2D eigenvalue weighted by Crippen LogP contribution is 2.19. The van der Waals surface area contributed by atoms with E-state index < -0.39 is 0 Å². The van der Waals surface area contributed by atoms with Gasteiger partial charge >= 0.3 is 0 Å². The van der Waals surface area contributed by atoms with Crippen LogP contribution in [0.25, 0.3) is 0 Å². The maximum Gasteiger partial charge on any atom is 0.223 e. The number of ether oxygens (including phenoxy) is 1. The smallest absolute Gasteiger partial charge is 0.223 e. The molecular formula is C22H34FN3O2. The first-order valence-electron chi connectivity index (χ1n) is 10.6. The van der Waals surface area contributed by atoms with Crippen LogP contribution in [0.3, 0.4) is 0 Å². The molecular weight excluding hydrogens is 357 g/mol. The normalized spacial score (nSPS) is 19.6. The first-order chi connectivity index (χ1) is 13.6. The molecule has 2 aliphatic rings. The predicted octanol–water partition coefficient (Wildman–Crippen LogP) is 2.26. The van der Waals surface area contributed by atoms with Crippen molar-refractivity contribution in [1.82, 2.24) is 14.7 Å². The summed E-state index contributed by atoms with van der Waals surface area (Å²) in [6.07, 6.45) is 3.58. The van der Waals surface area contributed by atoms with Crippen molar-refractivity contribution in [3.63, 3.8) is 0 Å². The largest absolute Gasteiger partial charge is 0.379 e. The number of benzene rings is 1. The zero-order valence-electron chi connectivity index (χ0n) is 17.1. The van der Waals surface area contributed by atoms with Gasteiger partial charge in [0, 0.05) is 46.2 Å². The van der Waals surface area contributed by atoms with E-state index in [1.54, 1.807) is 6.07 Å². The fourth-order valence-electron chi connectivity index (χ4n) is 4.13. The van der Waals surface area contributed by atoms with Crippen LogP contribution in [0.2, 0.25) is 0 Å². The van der Waals surface area contributed by atoms with E-state index in [2.05, 4.69) is 9.80 Å². The molecule has 2 aliphatic heterocycles. The van der Waals surface area contributed by atoms with Crippen LogP contribution in [0.15, 0.2) is 24.3 Å². The zero-order chi connectivity index (χ0) is 19.8. The average molecular weight is 392 g/mol. The van der Waals surface area contributed by atoms with Crippen molar-refractivity contribution in [2.24, 2.45) is 5.92 Å². The number of carbonyl (C=O) groups excluding carboxylic acids is 1. The molecule has 2 fully saturated rings. The van der Waals surface area contributed by atoms with Gasteiger partial charge in [0.1, 0.15) is 5.82 Å². The van der Waals surface area contributed by atoms with Crippen molar-refractivity contribution in [2.45, 2.75) is 25.7 Å². The standard InChI is InChI=1S/C22H34FN3O2/c1-24(22(27)9-13-26-14-16-28-17-15-26)18-19-6-10-25(11-7-19)12-8-20-4-2-3-5-21(20)23/h2-5,19H,6-18H2,1H3. The molecule has 6 heteroatoms. The highest BCUT2D eigenvalue weighted by Gasteiger charge is 2.22. The van der Waals surface area contributed by atoms with E-state index in [-0.39, 0.29) is 11.7 Å². The fraction of sp³-hybridized carbons (Fsp3) is 0.682. The number of amides is 1. The number of hydrogen-bond acceptors (Lipinski definition) is 4. The van der Waals surface area contributed by atoms with Crippen LogP contribution in [0.5, 0.6) is 0 Å². The number of piperidine rings is 1.